The van der Waals surface area contributed by atoms with Crippen molar-refractivity contribution < 1.29 is 18.8 Å². The zero-order chi connectivity index (χ0) is 17.5. The van der Waals surface area contributed by atoms with Gasteiger partial charge in [0.2, 0.25) is 0 Å². The smallest absolute Gasteiger partial charge is 0.318 e. The first-order valence-corrected chi connectivity index (χ1v) is 9.65. The van der Waals surface area contributed by atoms with Crippen LogP contribution in [-0.2, 0) is 20.7 Å². The number of carbonyl (C=O) groups is 1. The van der Waals surface area contributed by atoms with E-state index in [2.05, 4.69) is 26.0 Å². The number of epoxide rings is 2. The molecular weight excluding hydrogens is 314 g/mol. The monoisotopic (exact) mass is 344 g/mol. The molecule has 2 unspecified atom stereocenters. The van der Waals surface area contributed by atoms with Crippen molar-refractivity contribution in [3.8, 4) is 0 Å². The molecule has 25 heavy (non-hydrogen) atoms. The molecule has 1 amide bonds. The van der Waals surface area contributed by atoms with Crippen molar-refractivity contribution in [3.05, 3.63) is 35.9 Å². The van der Waals surface area contributed by atoms with Crippen molar-refractivity contribution in [3.63, 3.8) is 0 Å². The van der Waals surface area contributed by atoms with Gasteiger partial charge in [-0.05, 0) is 45.1 Å². The highest BCUT2D eigenvalue weighted by molar-refractivity contribution is 5.72. The number of quaternary nitrogens is 1. The third-order valence-electron chi connectivity index (χ3n) is 6.23. The van der Waals surface area contributed by atoms with Gasteiger partial charge in [0.15, 0.2) is 0 Å². The van der Waals surface area contributed by atoms with Crippen LogP contribution in [0.2, 0.25) is 0 Å². The topological polar surface area (TPSA) is 42.1 Å². The molecule has 0 aromatic heterocycles. The molecule has 2 heterocycles. The average molecular weight is 344 g/mol. The second-order valence-electron chi connectivity index (χ2n) is 8.82. The molecule has 0 radical (unpaired) electrons. The quantitative estimate of drug-likeness (QED) is 0.564. The summed E-state index contributed by atoms with van der Waals surface area (Å²) < 4.78 is 12.0. The predicted octanol–water partition coefficient (Wildman–Crippen LogP) is 3.09. The van der Waals surface area contributed by atoms with Crippen LogP contribution in [0.5, 0.6) is 0 Å². The van der Waals surface area contributed by atoms with Crippen molar-refractivity contribution in [1.29, 1.82) is 0 Å². The average Bonchev–Trinajstić information content (AvgIpc) is 3.42. The van der Waals surface area contributed by atoms with Crippen LogP contribution >= 0.6 is 0 Å². The third-order valence-corrected chi connectivity index (χ3v) is 6.23. The summed E-state index contributed by atoms with van der Waals surface area (Å²) >= 11 is 0. The maximum atomic E-state index is 13.7. The Morgan fingerprint density at radius 1 is 1.04 bits per heavy atom. The summed E-state index contributed by atoms with van der Waals surface area (Å²) in [7, 11) is 0. The Morgan fingerprint density at radius 2 is 1.56 bits per heavy atom. The van der Waals surface area contributed by atoms with E-state index in [1.165, 1.54) is 12.8 Å². The molecule has 136 valence electrons. The van der Waals surface area contributed by atoms with Gasteiger partial charge in [-0.2, -0.15) is 0 Å². The molecule has 2 saturated heterocycles. The Labute approximate surface area is 150 Å². The van der Waals surface area contributed by atoms with E-state index in [1.807, 2.05) is 18.2 Å². The Hall–Kier alpha value is -1.23. The van der Waals surface area contributed by atoms with Gasteiger partial charge in [0.25, 0.3) is 0 Å². The number of hydrogen-bond acceptors (Lipinski definition) is 3. The van der Waals surface area contributed by atoms with Crippen molar-refractivity contribution in [2.45, 2.75) is 63.2 Å². The van der Waals surface area contributed by atoms with E-state index in [0.717, 1.165) is 44.7 Å². The molecule has 1 aromatic carbocycles. The fourth-order valence-corrected chi connectivity index (χ4v) is 4.64. The minimum Gasteiger partial charge on any atom is -0.364 e. The lowest BCUT2D eigenvalue weighted by molar-refractivity contribution is -0.885. The highest BCUT2D eigenvalue weighted by atomic mass is 16.6. The maximum Gasteiger partial charge on any atom is 0.318 e. The number of benzene rings is 1. The third kappa shape index (κ3) is 3.67. The van der Waals surface area contributed by atoms with E-state index in [4.69, 9.17) is 9.47 Å². The van der Waals surface area contributed by atoms with Crippen molar-refractivity contribution in [1.82, 2.24) is 0 Å². The molecule has 2 aliphatic heterocycles. The predicted molar refractivity (Wildman–Crippen MR) is 96.1 cm³/mol. The summed E-state index contributed by atoms with van der Waals surface area (Å²) in [6.45, 7) is 7.44. The van der Waals surface area contributed by atoms with E-state index in [9.17, 15) is 4.79 Å². The molecule has 0 bridgehead atoms. The van der Waals surface area contributed by atoms with Crippen LogP contribution in [-0.4, -0.2) is 53.9 Å². The lowest BCUT2D eigenvalue weighted by Crippen LogP contribution is -2.65. The van der Waals surface area contributed by atoms with Crippen LogP contribution in [0.3, 0.4) is 0 Å². The first-order valence-electron chi connectivity index (χ1n) is 9.65. The first kappa shape index (κ1) is 17.2. The van der Waals surface area contributed by atoms with Gasteiger partial charge in [-0.15, -0.1) is 0 Å². The molecule has 4 nitrogen and oxygen atoms in total. The van der Waals surface area contributed by atoms with E-state index >= 15 is 0 Å². The molecule has 1 aliphatic carbocycles. The van der Waals surface area contributed by atoms with Crippen LogP contribution in [0.15, 0.2) is 30.3 Å². The zero-order valence-electron chi connectivity index (χ0n) is 15.5. The summed E-state index contributed by atoms with van der Waals surface area (Å²) in [6, 6.07) is 10.6. The first-order chi connectivity index (χ1) is 11.9. The minimum atomic E-state index is -0.139. The minimum absolute atomic E-state index is 0.139. The molecule has 1 saturated carbocycles. The highest BCUT2D eigenvalue weighted by Gasteiger charge is 2.59. The SMILES string of the molecule is CC1(C[N+](CC2(C)CO2)(C(=O)Cc2ccccc2)C2CCCC2)CO1. The molecule has 0 spiro atoms. The highest BCUT2D eigenvalue weighted by Crippen LogP contribution is 2.41. The van der Waals surface area contributed by atoms with Crippen LogP contribution < -0.4 is 0 Å². The summed E-state index contributed by atoms with van der Waals surface area (Å²) in [6.07, 6.45) is 5.26. The van der Waals surface area contributed by atoms with Crippen molar-refractivity contribution in [2.24, 2.45) is 0 Å². The van der Waals surface area contributed by atoms with Crippen LogP contribution in [0.4, 0.5) is 0 Å². The summed E-state index contributed by atoms with van der Waals surface area (Å²) in [5, 5.41) is 0. The largest absolute Gasteiger partial charge is 0.364 e. The summed E-state index contributed by atoms with van der Waals surface area (Å²) in [5.74, 6) is 0.339. The normalized spacial score (nSPS) is 33.8. The fourth-order valence-electron chi connectivity index (χ4n) is 4.64. The second kappa shape index (κ2) is 6.19. The van der Waals surface area contributed by atoms with Gasteiger partial charge < -0.3 is 9.47 Å². The van der Waals surface area contributed by atoms with Gasteiger partial charge in [-0.3, -0.25) is 4.48 Å². The number of rotatable bonds is 7. The number of nitrogens with zero attached hydrogens (tertiary/aromatic N) is 1. The van der Waals surface area contributed by atoms with Gasteiger partial charge in [0.05, 0.1) is 25.7 Å². The Kier molecular flexibility index (Phi) is 4.25. The fraction of sp³-hybridized carbons (Fsp3) is 0.667. The Bertz CT molecular complexity index is 608. The van der Waals surface area contributed by atoms with Crippen molar-refractivity contribution in [2.75, 3.05) is 26.3 Å². The lowest BCUT2D eigenvalue weighted by atomic mass is 9.98. The van der Waals surface area contributed by atoms with Crippen LogP contribution in [0.1, 0.15) is 45.1 Å². The van der Waals surface area contributed by atoms with E-state index < -0.39 is 0 Å². The van der Waals surface area contributed by atoms with Crippen LogP contribution in [0, 0.1) is 0 Å². The van der Waals surface area contributed by atoms with Crippen molar-refractivity contribution >= 4 is 5.91 Å². The molecule has 3 aliphatic rings. The molecule has 4 rings (SSSR count). The lowest BCUT2D eigenvalue weighted by Gasteiger charge is -2.43. The molecule has 4 heteroatoms. The summed E-state index contributed by atoms with van der Waals surface area (Å²) in [4.78, 5) is 13.7. The molecular formula is C21H30NO3+. The molecule has 1 aromatic rings. The molecule has 3 fully saturated rings. The maximum absolute atomic E-state index is 13.7. The van der Waals surface area contributed by atoms with E-state index in [-0.39, 0.29) is 11.2 Å². The number of carbonyl (C=O) groups excluding carboxylic acids is 1. The van der Waals surface area contributed by atoms with Crippen LogP contribution in [0.25, 0.3) is 0 Å². The molecule has 0 N–H and O–H groups in total. The standard InChI is InChI=1S/C21H30NO3/c1-20(15-24-20)13-22(14-21(2)16-25-21,18-10-6-7-11-18)19(23)12-17-8-4-3-5-9-17/h3-5,8-9,18H,6-7,10-16H2,1-2H3/q+1. The van der Waals surface area contributed by atoms with Gasteiger partial charge in [0.1, 0.15) is 24.3 Å². The number of amides is 1. The van der Waals surface area contributed by atoms with Gasteiger partial charge in [-0.25, -0.2) is 4.79 Å². The number of hydrogen-bond donors (Lipinski definition) is 0. The van der Waals surface area contributed by atoms with E-state index in [1.54, 1.807) is 0 Å². The van der Waals surface area contributed by atoms with E-state index in [0.29, 0.717) is 22.9 Å². The van der Waals surface area contributed by atoms with Gasteiger partial charge in [-0.1, -0.05) is 30.3 Å². The Morgan fingerprint density at radius 3 is 2.04 bits per heavy atom. The second-order valence-corrected chi connectivity index (χ2v) is 8.82. The van der Waals surface area contributed by atoms with Gasteiger partial charge >= 0.3 is 5.91 Å². The zero-order valence-corrected chi connectivity index (χ0v) is 15.5. The summed E-state index contributed by atoms with van der Waals surface area (Å²) in [5.41, 5.74) is 0.831. The van der Waals surface area contributed by atoms with Gasteiger partial charge in [0, 0.05) is 0 Å². The number of ether oxygens (including phenoxy) is 2. The Balaban J connectivity index is 1.65. The molecule has 2 atom stereocenters.